The molecule has 0 bridgehead atoms. The predicted molar refractivity (Wildman–Crippen MR) is 103 cm³/mol. The van der Waals surface area contributed by atoms with Crippen LogP contribution in [0, 0.1) is 0 Å². The van der Waals surface area contributed by atoms with Crippen molar-refractivity contribution in [1.82, 2.24) is 0 Å². The number of carbonyl (C=O) groups is 2. The van der Waals surface area contributed by atoms with Gasteiger partial charge in [-0.3, -0.25) is 9.59 Å². The van der Waals surface area contributed by atoms with Crippen molar-refractivity contribution in [3.05, 3.63) is 64.7 Å². The number of methoxy groups -OCH3 is 1. The van der Waals surface area contributed by atoms with Gasteiger partial charge in [-0.05, 0) is 48.1 Å². The molecule has 0 saturated carbocycles. The maximum absolute atomic E-state index is 11.7. The molecule has 0 aromatic heterocycles. The zero-order chi connectivity index (χ0) is 19.6. The van der Waals surface area contributed by atoms with Gasteiger partial charge in [-0.25, -0.2) is 0 Å². The van der Waals surface area contributed by atoms with Crippen LogP contribution < -0.4 is 4.74 Å². The molecule has 0 amide bonds. The Bertz CT molecular complexity index is 782. The zero-order valence-electron chi connectivity index (χ0n) is 15.9. The van der Waals surface area contributed by atoms with E-state index in [2.05, 4.69) is 6.07 Å². The highest BCUT2D eigenvalue weighted by Gasteiger charge is 2.09. The lowest BCUT2D eigenvalue weighted by atomic mass is 9.96. The molecule has 0 saturated heterocycles. The molecule has 0 unspecified atom stereocenters. The average Bonchev–Trinajstić information content (AvgIpc) is 2.65. The molecule has 0 heterocycles. The topological polar surface area (TPSA) is 72.8 Å². The van der Waals surface area contributed by atoms with Gasteiger partial charge in [-0.1, -0.05) is 36.4 Å². The molecular formula is C22H26O5. The Morgan fingerprint density at radius 2 is 1.59 bits per heavy atom. The van der Waals surface area contributed by atoms with Crippen molar-refractivity contribution >= 4 is 11.9 Å². The van der Waals surface area contributed by atoms with E-state index < -0.39 is 5.97 Å². The Morgan fingerprint density at radius 3 is 2.22 bits per heavy atom. The number of hydrogen-bond acceptors (Lipinski definition) is 4. The van der Waals surface area contributed by atoms with Gasteiger partial charge in [0.05, 0.1) is 13.7 Å². The number of esters is 1. The number of aryl methyl sites for hydroxylation is 2. The van der Waals surface area contributed by atoms with Gasteiger partial charge < -0.3 is 14.6 Å². The Morgan fingerprint density at radius 1 is 0.963 bits per heavy atom. The van der Waals surface area contributed by atoms with Crippen LogP contribution in [0.25, 0.3) is 0 Å². The van der Waals surface area contributed by atoms with Crippen LogP contribution in [0.3, 0.4) is 0 Å². The molecule has 0 spiro atoms. The SMILES string of the molecule is CCOC(=O)CCc1cc(CCC(=O)O)cc(Cc2ccccc2OC)c1. The number of rotatable bonds is 10. The molecule has 5 nitrogen and oxygen atoms in total. The van der Waals surface area contributed by atoms with Gasteiger partial charge in [-0.15, -0.1) is 0 Å². The molecule has 27 heavy (non-hydrogen) atoms. The van der Waals surface area contributed by atoms with Crippen LogP contribution in [0.1, 0.15) is 42.0 Å². The third kappa shape index (κ3) is 6.77. The van der Waals surface area contributed by atoms with E-state index in [4.69, 9.17) is 14.6 Å². The molecule has 0 aliphatic carbocycles. The molecule has 0 aliphatic heterocycles. The monoisotopic (exact) mass is 370 g/mol. The van der Waals surface area contributed by atoms with E-state index in [1.165, 1.54) is 0 Å². The van der Waals surface area contributed by atoms with Crippen molar-refractivity contribution in [1.29, 1.82) is 0 Å². The third-order valence-electron chi connectivity index (χ3n) is 4.25. The number of para-hydroxylation sites is 1. The summed E-state index contributed by atoms with van der Waals surface area (Å²) in [7, 11) is 1.65. The second kappa shape index (κ2) is 10.4. The maximum atomic E-state index is 11.7. The zero-order valence-corrected chi connectivity index (χ0v) is 15.9. The minimum absolute atomic E-state index is 0.0788. The first-order valence-corrected chi connectivity index (χ1v) is 9.12. The van der Waals surface area contributed by atoms with E-state index in [0.29, 0.717) is 32.3 Å². The minimum atomic E-state index is -0.821. The number of benzene rings is 2. The fourth-order valence-corrected chi connectivity index (χ4v) is 3.03. The van der Waals surface area contributed by atoms with Crippen LogP contribution in [0.2, 0.25) is 0 Å². The summed E-state index contributed by atoms with van der Waals surface area (Å²) in [6.45, 7) is 2.16. The van der Waals surface area contributed by atoms with E-state index in [0.717, 1.165) is 28.0 Å². The van der Waals surface area contributed by atoms with Crippen LogP contribution in [0.4, 0.5) is 0 Å². The van der Waals surface area contributed by atoms with Crippen LogP contribution in [0.5, 0.6) is 5.75 Å². The van der Waals surface area contributed by atoms with Crippen LogP contribution >= 0.6 is 0 Å². The van der Waals surface area contributed by atoms with Gasteiger partial charge in [0.25, 0.3) is 0 Å². The molecule has 2 aromatic rings. The van der Waals surface area contributed by atoms with E-state index in [-0.39, 0.29) is 12.4 Å². The van der Waals surface area contributed by atoms with Gasteiger partial charge in [0, 0.05) is 19.3 Å². The second-order valence-electron chi connectivity index (χ2n) is 6.35. The molecule has 1 N–H and O–H groups in total. The van der Waals surface area contributed by atoms with Crippen molar-refractivity contribution in [3.8, 4) is 5.75 Å². The van der Waals surface area contributed by atoms with Crippen LogP contribution in [-0.2, 0) is 33.6 Å². The maximum Gasteiger partial charge on any atom is 0.306 e. The highest BCUT2D eigenvalue weighted by Crippen LogP contribution is 2.23. The Balaban J connectivity index is 2.22. The largest absolute Gasteiger partial charge is 0.496 e. The normalized spacial score (nSPS) is 10.4. The minimum Gasteiger partial charge on any atom is -0.496 e. The molecule has 0 fully saturated rings. The first-order chi connectivity index (χ1) is 13.0. The van der Waals surface area contributed by atoms with Gasteiger partial charge >= 0.3 is 11.9 Å². The van der Waals surface area contributed by atoms with Crippen LogP contribution in [0.15, 0.2) is 42.5 Å². The van der Waals surface area contributed by atoms with Crippen molar-refractivity contribution in [2.75, 3.05) is 13.7 Å². The highest BCUT2D eigenvalue weighted by atomic mass is 16.5. The van der Waals surface area contributed by atoms with Gasteiger partial charge in [0.1, 0.15) is 5.75 Å². The number of hydrogen-bond donors (Lipinski definition) is 1. The number of carboxylic acid groups (broad SMARTS) is 1. The summed E-state index contributed by atoms with van der Waals surface area (Å²) in [6.07, 6.45) is 2.09. The first kappa shape index (κ1) is 20.5. The fourth-order valence-electron chi connectivity index (χ4n) is 3.03. The molecular weight excluding hydrogens is 344 g/mol. The van der Waals surface area contributed by atoms with Crippen molar-refractivity contribution in [3.63, 3.8) is 0 Å². The second-order valence-corrected chi connectivity index (χ2v) is 6.35. The molecule has 0 aliphatic rings. The Hall–Kier alpha value is -2.82. The lowest BCUT2D eigenvalue weighted by molar-refractivity contribution is -0.143. The predicted octanol–water partition coefficient (Wildman–Crippen LogP) is 3.80. The Labute approximate surface area is 159 Å². The summed E-state index contributed by atoms with van der Waals surface area (Å²) < 4.78 is 10.4. The molecule has 144 valence electrons. The first-order valence-electron chi connectivity index (χ1n) is 9.12. The Kier molecular flexibility index (Phi) is 7.86. The molecule has 0 atom stereocenters. The number of aliphatic carboxylic acids is 1. The number of carboxylic acids is 1. The average molecular weight is 370 g/mol. The summed E-state index contributed by atoms with van der Waals surface area (Å²) in [5.41, 5.74) is 4.10. The smallest absolute Gasteiger partial charge is 0.306 e. The van der Waals surface area contributed by atoms with Gasteiger partial charge in [-0.2, -0.15) is 0 Å². The van der Waals surface area contributed by atoms with E-state index in [1.807, 2.05) is 36.4 Å². The quantitative estimate of drug-likeness (QED) is 0.644. The van der Waals surface area contributed by atoms with Crippen LogP contribution in [-0.4, -0.2) is 30.8 Å². The fraction of sp³-hybridized carbons (Fsp3) is 0.364. The van der Waals surface area contributed by atoms with Gasteiger partial charge in [0.2, 0.25) is 0 Å². The summed E-state index contributed by atoms with van der Waals surface area (Å²) >= 11 is 0. The molecule has 0 radical (unpaired) electrons. The molecule has 2 rings (SSSR count). The summed E-state index contributed by atoms with van der Waals surface area (Å²) in [5.74, 6) is -0.223. The van der Waals surface area contributed by atoms with Gasteiger partial charge in [0.15, 0.2) is 0 Å². The third-order valence-corrected chi connectivity index (χ3v) is 4.25. The van der Waals surface area contributed by atoms with E-state index in [9.17, 15) is 9.59 Å². The summed E-state index contributed by atoms with van der Waals surface area (Å²) in [6, 6.07) is 13.9. The van der Waals surface area contributed by atoms with E-state index >= 15 is 0 Å². The highest BCUT2D eigenvalue weighted by molar-refractivity contribution is 5.69. The number of carbonyl (C=O) groups excluding carboxylic acids is 1. The standard InChI is InChI=1S/C22H26O5/c1-3-27-22(25)11-9-17-12-16(8-10-21(23)24)13-18(14-17)15-19-6-4-5-7-20(19)26-2/h4-7,12-14H,3,8-11,15H2,1-2H3,(H,23,24). The number of ether oxygens (including phenoxy) is 2. The van der Waals surface area contributed by atoms with E-state index in [1.54, 1.807) is 14.0 Å². The molecule has 5 heteroatoms. The van der Waals surface area contributed by atoms with Crippen molar-refractivity contribution < 1.29 is 24.2 Å². The lowest BCUT2D eigenvalue weighted by Gasteiger charge is -2.12. The molecule has 2 aromatic carbocycles. The summed E-state index contributed by atoms with van der Waals surface area (Å²) in [4.78, 5) is 22.6. The van der Waals surface area contributed by atoms with Crippen molar-refractivity contribution in [2.24, 2.45) is 0 Å². The lowest BCUT2D eigenvalue weighted by Crippen LogP contribution is -2.06. The van der Waals surface area contributed by atoms with Crippen molar-refractivity contribution in [2.45, 2.75) is 39.0 Å². The summed E-state index contributed by atoms with van der Waals surface area (Å²) in [5, 5.41) is 8.97.